The van der Waals surface area contributed by atoms with Crippen molar-refractivity contribution >= 4 is 76.3 Å². The molecule has 0 fully saturated rings. The van der Waals surface area contributed by atoms with E-state index in [9.17, 15) is 0 Å². The topological polar surface area (TPSA) is 56.7 Å². The van der Waals surface area contributed by atoms with Gasteiger partial charge in [0.25, 0.3) is 0 Å². The maximum absolute atomic E-state index is 6.56. The van der Waals surface area contributed by atoms with E-state index in [1.54, 1.807) is 0 Å². The van der Waals surface area contributed by atoms with Gasteiger partial charge in [-0.2, -0.15) is 0 Å². The summed E-state index contributed by atoms with van der Waals surface area (Å²) in [4.78, 5) is 15.6. The molecule has 0 amide bonds. The Bertz CT molecular complexity index is 2780. The summed E-state index contributed by atoms with van der Waals surface area (Å²) >= 11 is 0. The maximum atomic E-state index is 6.56. The van der Waals surface area contributed by atoms with Crippen molar-refractivity contribution in [2.24, 2.45) is 0 Å². The first-order valence-corrected chi connectivity index (χ1v) is 14.7. The van der Waals surface area contributed by atoms with E-state index in [2.05, 4.69) is 108 Å². The molecule has 10 aromatic rings. The van der Waals surface area contributed by atoms with E-state index in [1.807, 2.05) is 30.5 Å². The van der Waals surface area contributed by atoms with Crippen LogP contribution in [0.3, 0.4) is 0 Å². The maximum Gasteiger partial charge on any atom is 0.235 e. The highest BCUT2D eigenvalue weighted by Gasteiger charge is 2.25. The lowest BCUT2D eigenvalue weighted by molar-refractivity contribution is 0.672. The number of furan rings is 1. The molecular weight excluding hydrogens is 540 g/mol. The van der Waals surface area contributed by atoms with Crippen LogP contribution in [0.5, 0.6) is 0 Å². The van der Waals surface area contributed by atoms with E-state index in [0.717, 1.165) is 87.6 Å². The van der Waals surface area contributed by atoms with Gasteiger partial charge < -0.3 is 4.42 Å². The zero-order valence-electron chi connectivity index (χ0n) is 23.4. The van der Waals surface area contributed by atoms with Crippen molar-refractivity contribution in [3.05, 3.63) is 134 Å². The minimum atomic E-state index is 0.619. The Morgan fingerprint density at radius 1 is 0.523 bits per heavy atom. The van der Waals surface area contributed by atoms with Gasteiger partial charge in [0.2, 0.25) is 5.95 Å². The smallest absolute Gasteiger partial charge is 0.235 e. The number of pyridine rings is 1. The molecule has 0 saturated carbocycles. The number of hydrogen-bond acceptors (Lipinski definition) is 4. The van der Waals surface area contributed by atoms with E-state index >= 15 is 0 Å². The summed E-state index contributed by atoms with van der Waals surface area (Å²) in [6.45, 7) is 0. The van der Waals surface area contributed by atoms with Crippen LogP contribution in [0.4, 0.5) is 0 Å². The molecule has 204 valence electrons. The average molecular weight is 563 g/mol. The van der Waals surface area contributed by atoms with Gasteiger partial charge in [-0.25, -0.2) is 9.97 Å². The summed E-state index contributed by atoms with van der Waals surface area (Å²) < 4.78 is 8.80. The van der Waals surface area contributed by atoms with E-state index in [1.165, 1.54) is 0 Å². The fraction of sp³-hybridized carbons (Fsp3) is 0. The molecule has 0 radical (unpaired) electrons. The monoisotopic (exact) mass is 562 g/mol. The molecule has 0 aliphatic carbocycles. The van der Waals surface area contributed by atoms with Gasteiger partial charge >= 0.3 is 0 Å². The molecule has 0 aliphatic rings. The van der Waals surface area contributed by atoms with Gasteiger partial charge in [0.05, 0.1) is 27.6 Å². The van der Waals surface area contributed by atoms with Crippen molar-refractivity contribution in [3.8, 4) is 17.2 Å². The molecule has 0 unspecified atom stereocenters. The Morgan fingerprint density at radius 2 is 1.27 bits per heavy atom. The van der Waals surface area contributed by atoms with Gasteiger partial charge in [0, 0.05) is 44.1 Å². The average Bonchev–Trinajstić information content (AvgIpc) is 3.65. The Kier molecular flexibility index (Phi) is 4.66. The number of rotatable bonds is 2. The highest BCUT2D eigenvalue weighted by molar-refractivity contribution is 6.34. The van der Waals surface area contributed by atoms with Crippen LogP contribution in [-0.4, -0.2) is 19.5 Å². The lowest BCUT2D eigenvalue weighted by Gasteiger charge is -2.13. The fourth-order valence-corrected chi connectivity index (χ4v) is 6.96. The third kappa shape index (κ3) is 3.10. The lowest BCUT2D eigenvalue weighted by atomic mass is 10.0. The molecule has 4 heterocycles. The second kappa shape index (κ2) is 8.72. The Labute approximate surface area is 250 Å². The SMILES string of the molecule is c1ccc(-c2nc(-n3c4ccccc4c4c5cccnc5c5oc6ccccc6c5c43)nc3c2ccc2ccccc23)cc1. The molecule has 4 aromatic heterocycles. The van der Waals surface area contributed by atoms with Crippen molar-refractivity contribution in [2.75, 3.05) is 0 Å². The minimum Gasteiger partial charge on any atom is -0.454 e. The Balaban J connectivity index is 1.48. The third-order valence-electron chi connectivity index (χ3n) is 8.83. The molecule has 0 bridgehead atoms. The first-order valence-electron chi connectivity index (χ1n) is 14.7. The highest BCUT2D eigenvalue weighted by atomic mass is 16.3. The predicted octanol–water partition coefficient (Wildman–Crippen LogP) is 9.99. The molecule has 0 atom stereocenters. The second-order valence-electron chi connectivity index (χ2n) is 11.2. The van der Waals surface area contributed by atoms with Crippen LogP contribution in [-0.2, 0) is 0 Å². The van der Waals surface area contributed by atoms with E-state index in [-0.39, 0.29) is 0 Å². The van der Waals surface area contributed by atoms with E-state index < -0.39 is 0 Å². The van der Waals surface area contributed by atoms with E-state index in [0.29, 0.717) is 5.95 Å². The third-order valence-corrected chi connectivity index (χ3v) is 8.83. The normalized spacial score (nSPS) is 12.1. The minimum absolute atomic E-state index is 0.619. The first-order chi connectivity index (χ1) is 21.8. The largest absolute Gasteiger partial charge is 0.454 e. The Hall–Kier alpha value is -6.07. The van der Waals surface area contributed by atoms with Crippen LogP contribution in [0, 0.1) is 0 Å². The second-order valence-corrected chi connectivity index (χ2v) is 11.2. The van der Waals surface area contributed by atoms with Gasteiger partial charge in [-0.3, -0.25) is 9.55 Å². The summed E-state index contributed by atoms with van der Waals surface area (Å²) in [5, 5.41) is 8.60. The molecular formula is C39H22N4O. The molecule has 0 N–H and O–H groups in total. The molecule has 10 rings (SSSR count). The van der Waals surface area contributed by atoms with Gasteiger partial charge in [-0.15, -0.1) is 0 Å². The van der Waals surface area contributed by atoms with Crippen molar-refractivity contribution in [3.63, 3.8) is 0 Å². The summed E-state index contributed by atoms with van der Waals surface area (Å²) in [5.74, 6) is 0.619. The van der Waals surface area contributed by atoms with Gasteiger partial charge in [0.15, 0.2) is 5.58 Å². The number of aromatic nitrogens is 4. The van der Waals surface area contributed by atoms with Crippen LogP contribution < -0.4 is 0 Å². The van der Waals surface area contributed by atoms with Gasteiger partial charge in [-0.1, -0.05) is 103 Å². The van der Waals surface area contributed by atoms with Crippen LogP contribution in [0.1, 0.15) is 0 Å². The van der Waals surface area contributed by atoms with Crippen LogP contribution in [0.15, 0.2) is 138 Å². The molecule has 6 aromatic carbocycles. The van der Waals surface area contributed by atoms with Crippen LogP contribution >= 0.6 is 0 Å². The number of hydrogen-bond donors (Lipinski definition) is 0. The van der Waals surface area contributed by atoms with Crippen molar-refractivity contribution in [2.45, 2.75) is 0 Å². The molecule has 0 saturated heterocycles. The molecule has 44 heavy (non-hydrogen) atoms. The number of para-hydroxylation sites is 2. The quantitative estimate of drug-likeness (QED) is 0.197. The predicted molar refractivity (Wildman–Crippen MR) is 179 cm³/mol. The van der Waals surface area contributed by atoms with E-state index in [4.69, 9.17) is 19.4 Å². The zero-order chi connectivity index (χ0) is 28.8. The summed E-state index contributed by atoms with van der Waals surface area (Å²) in [6, 6.07) is 44.0. The molecule has 0 spiro atoms. The summed E-state index contributed by atoms with van der Waals surface area (Å²) in [6.07, 6.45) is 1.84. The van der Waals surface area contributed by atoms with Crippen molar-refractivity contribution in [1.29, 1.82) is 0 Å². The standard InChI is InChI=1S/C39H22N4O/c1-2-12-24(13-3-1)34-29-21-20-23-11-4-5-14-25(23)35(29)42-39(41-34)43-30-18-8-6-15-26(30)32-28-17-10-22-40-36(28)38-33(37(32)43)27-16-7-9-19-31(27)44-38/h1-22H. The summed E-state index contributed by atoms with van der Waals surface area (Å²) in [7, 11) is 0. The van der Waals surface area contributed by atoms with Gasteiger partial charge in [0.1, 0.15) is 11.1 Å². The van der Waals surface area contributed by atoms with Gasteiger partial charge in [-0.05, 0) is 29.7 Å². The van der Waals surface area contributed by atoms with Crippen LogP contribution in [0.25, 0.3) is 93.5 Å². The van der Waals surface area contributed by atoms with Crippen molar-refractivity contribution in [1.82, 2.24) is 19.5 Å². The zero-order valence-corrected chi connectivity index (χ0v) is 23.4. The summed E-state index contributed by atoms with van der Waals surface area (Å²) in [5.41, 5.74) is 7.37. The lowest BCUT2D eigenvalue weighted by Crippen LogP contribution is -2.04. The number of benzene rings is 6. The first kappa shape index (κ1) is 23.5. The molecule has 0 aliphatic heterocycles. The Morgan fingerprint density at radius 3 is 2.18 bits per heavy atom. The molecule has 5 nitrogen and oxygen atoms in total. The van der Waals surface area contributed by atoms with Crippen LogP contribution in [0.2, 0.25) is 0 Å². The number of nitrogens with zero attached hydrogens (tertiary/aromatic N) is 4. The highest BCUT2D eigenvalue weighted by Crippen LogP contribution is 2.45. The van der Waals surface area contributed by atoms with Crippen molar-refractivity contribution < 1.29 is 4.42 Å². The molecule has 5 heteroatoms. The fourth-order valence-electron chi connectivity index (χ4n) is 6.96. The number of fused-ring (bicyclic) bond motifs is 13.